The average Bonchev–Trinajstić information content (AvgIpc) is 2.93. The average molecular weight is 421 g/mol. The van der Waals surface area contributed by atoms with Crippen LogP contribution in [0.15, 0.2) is 66.3 Å². The summed E-state index contributed by atoms with van der Waals surface area (Å²) in [6.07, 6.45) is 1.22. The van der Waals surface area contributed by atoms with Crippen molar-refractivity contribution in [3.8, 4) is 22.9 Å². The molecule has 0 amide bonds. The number of hydrogen-bond donors (Lipinski definition) is 1. The Labute approximate surface area is 177 Å². The van der Waals surface area contributed by atoms with Gasteiger partial charge in [-0.3, -0.25) is 0 Å². The second-order valence-corrected chi connectivity index (χ2v) is 7.25. The van der Waals surface area contributed by atoms with Crippen LogP contribution in [0.1, 0.15) is 11.8 Å². The van der Waals surface area contributed by atoms with Gasteiger partial charge in [-0.2, -0.15) is 4.98 Å². The first-order chi connectivity index (χ1) is 14.6. The number of para-hydroxylation sites is 1. The number of ether oxygens (including phenoxy) is 2. The van der Waals surface area contributed by atoms with Crippen LogP contribution in [0, 0.1) is 0 Å². The van der Waals surface area contributed by atoms with E-state index in [4.69, 9.17) is 9.47 Å². The maximum absolute atomic E-state index is 10.6. The van der Waals surface area contributed by atoms with Crippen molar-refractivity contribution in [2.45, 2.75) is 11.4 Å². The van der Waals surface area contributed by atoms with Crippen molar-refractivity contribution < 1.29 is 19.4 Å². The van der Waals surface area contributed by atoms with Gasteiger partial charge in [0.05, 0.1) is 5.97 Å². The van der Waals surface area contributed by atoms with Gasteiger partial charge >= 0.3 is 0 Å². The first-order valence-corrected chi connectivity index (χ1v) is 10.1. The predicted octanol–water partition coefficient (Wildman–Crippen LogP) is 2.45. The summed E-state index contributed by atoms with van der Waals surface area (Å²) in [6.45, 7) is 3.20. The zero-order chi connectivity index (χ0) is 20.9. The number of thioether (sulfide) groups is 1. The third-order valence-electron chi connectivity index (χ3n) is 4.20. The SMILES string of the molecule is C=CCSc1nnc2c(n1)O[C@@H](c1ccc(OCC(=O)[O-])cc1)Nc1ccccc1-2. The molecule has 0 radical (unpaired) electrons. The second kappa shape index (κ2) is 8.83. The molecule has 0 spiro atoms. The molecule has 2 heterocycles. The van der Waals surface area contributed by atoms with E-state index < -0.39 is 18.8 Å². The Morgan fingerprint density at radius 1 is 1.23 bits per heavy atom. The number of hydrogen-bond acceptors (Lipinski definition) is 9. The molecule has 30 heavy (non-hydrogen) atoms. The van der Waals surface area contributed by atoms with Gasteiger partial charge in [-0.15, -0.1) is 16.8 Å². The second-order valence-electron chi connectivity index (χ2n) is 6.27. The Hall–Kier alpha value is -3.59. The summed E-state index contributed by atoms with van der Waals surface area (Å²) in [5, 5.41) is 22.9. The summed E-state index contributed by atoms with van der Waals surface area (Å²) in [4.78, 5) is 15.1. The number of carboxylic acids is 1. The normalized spacial score (nSPS) is 14.3. The number of fused-ring (bicyclic) bond motifs is 3. The first-order valence-electron chi connectivity index (χ1n) is 9.07. The van der Waals surface area contributed by atoms with Crippen LogP contribution in [0.4, 0.5) is 5.69 Å². The maximum Gasteiger partial charge on any atom is 0.247 e. The van der Waals surface area contributed by atoms with Crippen molar-refractivity contribution in [3.05, 3.63) is 66.7 Å². The van der Waals surface area contributed by atoms with Crippen molar-refractivity contribution in [2.24, 2.45) is 0 Å². The van der Waals surface area contributed by atoms with Gasteiger partial charge in [0, 0.05) is 22.6 Å². The highest BCUT2D eigenvalue weighted by atomic mass is 32.2. The van der Waals surface area contributed by atoms with E-state index in [1.54, 1.807) is 30.3 Å². The number of nitrogens with zero attached hydrogens (tertiary/aromatic N) is 3. The molecule has 0 saturated heterocycles. The predicted molar refractivity (Wildman–Crippen MR) is 110 cm³/mol. The van der Waals surface area contributed by atoms with Crippen LogP contribution in [0.3, 0.4) is 0 Å². The number of carbonyl (C=O) groups is 1. The van der Waals surface area contributed by atoms with Crippen LogP contribution in [0.2, 0.25) is 0 Å². The molecule has 0 unspecified atom stereocenters. The lowest BCUT2D eigenvalue weighted by molar-refractivity contribution is -0.307. The van der Waals surface area contributed by atoms with Crippen molar-refractivity contribution in [3.63, 3.8) is 0 Å². The minimum Gasteiger partial charge on any atom is -0.546 e. The lowest BCUT2D eigenvalue weighted by atomic mass is 10.1. The van der Waals surface area contributed by atoms with E-state index >= 15 is 0 Å². The summed E-state index contributed by atoms with van der Waals surface area (Å²) in [5.41, 5.74) is 3.03. The number of aromatic nitrogens is 3. The first kappa shape index (κ1) is 19.7. The van der Waals surface area contributed by atoms with Gasteiger partial charge in [-0.25, -0.2) is 0 Å². The van der Waals surface area contributed by atoms with Gasteiger partial charge < -0.3 is 24.7 Å². The zero-order valence-corrected chi connectivity index (χ0v) is 16.6. The number of anilines is 1. The lowest BCUT2D eigenvalue weighted by Crippen LogP contribution is -2.28. The molecule has 9 heteroatoms. The van der Waals surface area contributed by atoms with E-state index in [9.17, 15) is 9.90 Å². The third kappa shape index (κ3) is 4.36. The van der Waals surface area contributed by atoms with Crippen LogP contribution >= 0.6 is 11.8 Å². The molecule has 4 rings (SSSR count). The van der Waals surface area contributed by atoms with Crippen molar-refractivity contribution in [1.29, 1.82) is 0 Å². The van der Waals surface area contributed by atoms with Gasteiger partial charge in [-0.05, 0) is 30.3 Å². The molecule has 1 aromatic heterocycles. The standard InChI is InChI=1S/C21H18N4O4S/c1-2-11-30-21-23-20-18(24-25-21)15-5-3-4-6-16(15)22-19(29-20)13-7-9-14(10-8-13)28-12-17(26)27/h2-10,19,22H,1,11-12H2,(H,26,27)/p-1/t19-/m0/s1. The quantitative estimate of drug-likeness (QED) is 0.454. The molecule has 8 nitrogen and oxygen atoms in total. The highest BCUT2D eigenvalue weighted by Crippen LogP contribution is 2.39. The smallest absolute Gasteiger partial charge is 0.247 e. The summed E-state index contributed by atoms with van der Waals surface area (Å²) in [7, 11) is 0. The van der Waals surface area contributed by atoms with Crippen molar-refractivity contribution >= 4 is 23.4 Å². The fourth-order valence-corrected chi connectivity index (χ4v) is 3.39. The highest BCUT2D eigenvalue weighted by molar-refractivity contribution is 7.99. The van der Waals surface area contributed by atoms with Crippen LogP contribution in [-0.4, -0.2) is 33.5 Å². The zero-order valence-electron chi connectivity index (χ0n) is 15.8. The summed E-state index contributed by atoms with van der Waals surface area (Å²) >= 11 is 1.42. The van der Waals surface area contributed by atoms with Gasteiger partial charge in [0.15, 0.2) is 11.9 Å². The molecular weight excluding hydrogens is 404 g/mol. The van der Waals surface area contributed by atoms with E-state index in [1.165, 1.54) is 11.8 Å². The number of benzene rings is 2. The highest BCUT2D eigenvalue weighted by Gasteiger charge is 2.26. The molecule has 3 aromatic rings. The summed E-state index contributed by atoms with van der Waals surface area (Å²) in [6, 6.07) is 14.6. The van der Waals surface area contributed by atoms with Crippen molar-refractivity contribution in [1.82, 2.24) is 15.2 Å². The number of rotatable bonds is 7. The van der Waals surface area contributed by atoms with Gasteiger partial charge in [0.25, 0.3) is 0 Å². The van der Waals surface area contributed by atoms with E-state index in [0.717, 1.165) is 16.8 Å². The Kier molecular flexibility index (Phi) is 5.80. The lowest BCUT2D eigenvalue weighted by Gasteiger charge is -2.19. The number of carboxylic acid groups (broad SMARTS) is 1. The number of nitrogens with one attached hydrogen (secondary N) is 1. The molecule has 0 fully saturated rings. The minimum atomic E-state index is -1.28. The van der Waals surface area contributed by atoms with E-state index in [2.05, 4.69) is 27.1 Å². The summed E-state index contributed by atoms with van der Waals surface area (Å²) < 4.78 is 11.3. The Morgan fingerprint density at radius 2 is 2.03 bits per heavy atom. The molecule has 1 aliphatic heterocycles. The maximum atomic E-state index is 10.6. The Morgan fingerprint density at radius 3 is 2.80 bits per heavy atom. The molecule has 1 aliphatic rings. The van der Waals surface area contributed by atoms with Crippen LogP contribution < -0.4 is 19.9 Å². The number of carbonyl (C=O) groups excluding carboxylic acids is 1. The van der Waals surface area contributed by atoms with Crippen LogP contribution in [-0.2, 0) is 4.79 Å². The topological polar surface area (TPSA) is 109 Å². The summed E-state index contributed by atoms with van der Waals surface area (Å²) in [5.74, 6) is 0.172. The van der Waals surface area contributed by atoms with Gasteiger partial charge in [-0.1, -0.05) is 36.0 Å². The molecule has 152 valence electrons. The molecule has 0 aliphatic carbocycles. The van der Waals surface area contributed by atoms with Crippen molar-refractivity contribution in [2.75, 3.05) is 17.7 Å². The molecule has 1 N–H and O–H groups in total. The molecule has 0 saturated carbocycles. The van der Waals surface area contributed by atoms with Gasteiger partial charge in [0.1, 0.15) is 12.4 Å². The van der Waals surface area contributed by atoms with Crippen LogP contribution in [0.25, 0.3) is 11.3 Å². The molecule has 1 atom stereocenters. The molecular formula is C21H17N4O4S-. The molecule has 0 bridgehead atoms. The van der Waals surface area contributed by atoms with E-state index in [-0.39, 0.29) is 0 Å². The van der Waals surface area contributed by atoms with E-state index in [0.29, 0.717) is 28.2 Å². The monoisotopic (exact) mass is 421 g/mol. The molecule has 2 aromatic carbocycles. The van der Waals surface area contributed by atoms with Gasteiger partial charge in [0.2, 0.25) is 11.0 Å². The Bertz CT molecular complexity index is 1070. The fraction of sp³-hybridized carbons (Fsp3) is 0.143. The minimum absolute atomic E-state index is 0.372. The Balaban J connectivity index is 1.66. The van der Waals surface area contributed by atoms with Crippen LogP contribution in [0.5, 0.6) is 11.6 Å². The van der Waals surface area contributed by atoms with E-state index in [1.807, 2.05) is 24.3 Å². The third-order valence-corrected chi connectivity index (χ3v) is 5.04. The largest absolute Gasteiger partial charge is 0.546 e. The number of aliphatic carboxylic acids is 1. The fourth-order valence-electron chi connectivity index (χ4n) is 2.87.